The van der Waals surface area contributed by atoms with Crippen LogP contribution >= 0.6 is 0 Å². The van der Waals surface area contributed by atoms with E-state index in [4.69, 9.17) is 0 Å². The molecule has 0 aliphatic carbocycles. The molecule has 2 aromatic heterocycles. The minimum Gasteiger partial charge on any atom is -0.314 e. The van der Waals surface area contributed by atoms with Gasteiger partial charge >= 0.3 is 0 Å². The molecule has 0 radical (unpaired) electrons. The zero-order valence-electron chi connectivity index (χ0n) is 11.5. The van der Waals surface area contributed by atoms with E-state index in [0.29, 0.717) is 0 Å². The van der Waals surface area contributed by atoms with Crippen molar-refractivity contribution >= 4 is 0 Å². The number of hydrogen-bond donors (Lipinski definition) is 1. The van der Waals surface area contributed by atoms with Crippen LogP contribution in [0.4, 0.5) is 4.39 Å². The van der Waals surface area contributed by atoms with Gasteiger partial charge in [-0.15, -0.1) is 0 Å². The van der Waals surface area contributed by atoms with Crippen LogP contribution in [0.2, 0.25) is 0 Å². The normalized spacial score (nSPS) is 18.1. The summed E-state index contributed by atoms with van der Waals surface area (Å²) in [5.41, 5.74) is 1.93. The van der Waals surface area contributed by atoms with Gasteiger partial charge in [0.15, 0.2) is 0 Å². The van der Waals surface area contributed by atoms with Gasteiger partial charge in [-0.2, -0.15) is 5.10 Å². The highest BCUT2D eigenvalue weighted by molar-refractivity contribution is 5.22. The van der Waals surface area contributed by atoms with Crippen LogP contribution in [0.15, 0.2) is 30.6 Å². The van der Waals surface area contributed by atoms with Crippen LogP contribution in [0.1, 0.15) is 17.4 Å². The molecule has 20 heavy (non-hydrogen) atoms. The lowest BCUT2D eigenvalue weighted by atomic mass is 10.1. The Hall–Kier alpha value is -1.79. The summed E-state index contributed by atoms with van der Waals surface area (Å²) in [5, 5.41) is 7.59. The Morgan fingerprint density at radius 2 is 2.05 bits per heavy atom. The van der Waals surface area contributed by atoms with Gasteiger partial charge in [0.2, 0.25) is 0 Å². The molecule has 0 bridgehead atoms. The molecular formula is C14H18FN5. The second kappa shape index (κ2) is 5.68. The number of pyridine rings is 1. The smallest absolute Gasteiger partial charge is 0.141 e. The van der Waals surface area contributed by atoms with Gasteiger partial charge in [0.05, 0.1) is 23.6 Å². The van der Waals surface area contributed by atoms with Gasteiger partial charge in [-0.3, -0.25) is 14.6 Å². The first-order chi connectivity index (χ1) is 9.75. The number of hydrogen-bond acceptors (Lipinski definition) is 4. The second-order valence-corrected chi connectivity index (χ2v) is 4.97. The van der Waals surface area contributed by atoms with Crippen LogP contribution in [0.3, 0.4) is 0 Å². The van der Waals surface area contributed by atoms with E-state index in [-0.39, 0.29) is 11.9 Å². The first-order valence-electron chi connectivity index (χ1n) is 6.80. The maximum atomic E-state index is 13.1. The summed E-state index contributed by atoms with van der Waals surface area (Å²) in [4.78, 5) is 6.63. The fourth-order valence-electron chi connectivity index (χ4n) is 2.67. The fraction of sp³-hybridized carbons (Fsp3) is 0.429. The van der Waals surface area contributed by atoms with E-state index in [2.05, 4.69) is 20.3 Å². The summed E-state index contributed by atoms with van der Waals surface area (Å²) in [5.74, 6) is -0.308. The summed E-state index contributed by atoms with van der Waals surface area (Å²) in [6.07, 6.45) is 3.06. The van der Waals surface area contributed by atoms with Crippen LogP contribution in [0.25, 0.3) is 0 Å². The minimum absolute atomic E-state index is 0.0187. The van der Waals surface area contributed by atoms with Crippen LogP contribution in [0.5, 0.6) is 0 Å². The Morgan fingerprint density at radius 1 is 1.25 bits per heavy atom. The van der Waals surface area contributed by atoms with Crippen molar-refractivity contribution in [3.63, 3.8) is 0 Å². The summed E-state index contributed by atoms with van der Waals surface area (Å²) in [7, 11) is 1.92. The molecule has 5 nitrogen and oxygen atoms in total. The molecule has 1 unspecified atom stereocenters. The summed E-state index contributed by atoms with van der Waals surface area (Å²) in [6.45, 7) is 3.79. The topological polar surface area (TPSA) is 46.0 Å². The molecule has 1 N–H and O–H groups in total. The zero-order chi connectivity index (χ0) is 13.9. The lowest BCUT2D eigenvalue weighted by Crippen LogP contribution is -2.46. The van der Waals surface area contributed by atoms with Crippen molar-refractivity contribution in [2.75, 3.05) is 26.2 Å². The van der Waals surface area contributed by atoms with E-state index in [0.717, 1.165) is 37.6 Å². The largest absolute Gasteiger partial charge is 0.314 e. The van der Waals surface area contributed by atoms with Crippen molar-refractivity contribution in [3.05, 3.63) is 47.8 Å². The number of aromatic nitrogens is 3. The van der Waals surface area contributed by atoms with Crippen molar-refractivity contribution < 1.29 is 4.39 Å². The first kappa shape index (κ1) is 13.2. The fourth-order valence-corrected chi connectivity index (χ4v) is 2.67. The molecule has 0 amide bonds. The molecule has 3 heterocycles. The quantitative estimate of drug-likeness (QED) is 0.906. The van der Waals surface area contributed by atoms with Crippen LogP contribution in [-0.2, 0) is 7.05 Å². The first-order valence-corrected chi connectivity index (χ1v) is 6.80. The highest BCUT2D eigenvalue weighted by atomic mass is 19.1. The third-order valence-corrected chi connectivity index (χ3v) is 3.69. The maximum Gasteiger partial charge on any atom is 0.141 e. The van der Waals surface area contributed by atoms with Gasteiger partial charge in [-0.05, 0) is 18.2 Å². The molecule has 106 valence electrons. The van der Waals surface area contributed by atoms with E-state index in [1.54, 1.807) is 12.3 Å². The van der Waals surface area contributed by atoms with Crippen molar-refractivity contribution in [3.8, 4) is 0 Å². The number of piperazine rings is 1. The maximum absolute atomic E-state index is 13.1. The van der Waals surface area contributed by atoms with Crippen LogP contribution in [0, 0.1) is 5.82 Å². The molecule has 1 aliphatic rings. The van der Waals surface area contributed by atoms with Gasteiger partial charge in [0.25, 0.3) is 0 Å². The molecule has 1 aliphatic heterocycles. The second-order valence-electron chi connectivity index (χ2n) is 4.97. The Balaban J connectivity index is 1.98. The third kappa shape index (κ3) is 2.57. The van der Waals surface area contributed by atoms with Crippen molar-refractivity contribution in [1.82, 2.24) is 25.0 Å². The van der Waals surface area contributed by atoms with Crippen molar-refractivity contribution in [2.45, 2.75) is 6.04 Å². The number of nitrogens with one attached hydrogen (secondary N) is 1. The van der Waals surface area contributed by atoms with Gasteiger partial charge in [0.1, 0.15) is 5.82 Å². The predicted octanol–water partition coefficient (Wildman–Crippen LogP) is 0.949. The Labute approximate surface area is 117 Å². The van der Waals surface area contributed by atoms with Crippen molar-refractivity contribution in [1.29, 1.82) is 0 Å². The van der Waals surface area contributed by atoms with Crippen LogP contribution < -0.4 is 5.32 Å². The van der Waals surface area contributed by atoms with Gasteiger partial charge in [-0.25, -0.2) is 4.39 Å². The summed E-state index contributed by atoms with van der Waals surface area (Å²) in [6, 6.07) is 5.24. The zero-order valence-corrected chi connectivity index (χ0v) is 11.5. The van der Waals surface area contributed by atoms with E-state index < -0.39 is 0 Å². The predicted molar refractivity (Wildman–Crippen MR) is 73.7 cm³/mol. The molecule has 0 aromatic carbocycles. The third-order valence-electron chi connectivity index (χ3n) is 3.69. The molecule has 0 saturated carbocycles. The molecule has 0 spiro atoms. The molecular weight excluding hydrogens is 257 g/mol. The number of aryl methyl sites for hydroxylation is 1. The lowest BCUT2D eigenvalue weighted by Gasteiger charge is -2.34. The highest BCUT2D eigenvalue weighted by Gasteiger charge is 2.27. The van der Waals surface area contributed by atoms with Crippen LogP contribution in [-0.4, -0.2) is 45.8 Å². The average Bonchev–Trinajstić information content (AvgIpc) is 2.89. The lowest BCUT2D eigenvalue weighted by molar-refractivity contribution is 0.189. The molecule has 6 heteroatoms. The summed E-state index contributed by atoms with van der Waals surface area (Å²) >= 11 is 0. The molecule has 3 rings (SSSR count). The Morgan fingerprint density at radius 3 is 2.65 bits per heavy atom. The molecule has 2 aromatic rings. The monoisotopic (exact) mass is 275 g/mol. The van der Waals surface area contributed by atoms with E-state index >= 15 is 0 Å². The van der Waals surface area contributed by atoms with E-state index in [1.165, 1.54) is 12.3 Å². The average molecular weight is 275 g/mol. The highest BCUT2D eigenvalue weighted by Crippen LogP contribution is 2.27. The Kier molecular flexibility index (Phi) is 3.75. The minimum atomic E-state index is -0.308. The number of halogens is 1. The van der Waals surface area contributed by atoms with E-state index in [1.807, 2.05) is 17.8 Å². The van der Waals surface area contributed by atoms with Gasteiger partial charge in [-0.1, -0.05) is 0 Å². The summed E-state index contributed by atoms with van der Waals surface area (Å²) < 4.78 is 15.0. The van der Waals surface area contributed by atoms with Gasteiger partial charge < -0.3 is 5.32 Å². The number of rotatable bonds is 3. The van der Waals surface area contributed by atoms with E-state index in [9.17, 15) is 4.39 Å². The van der Waals surface area contributed by atoms with Gasteiger partial charge in [0, 0.05) is 39.4 Å². The SMILES string of the molecule is Cn1nccc1C(c1ccc(F)cn1)N1CCNCC1. The standard InChI is InChI=1S/C14H18FN5/c1-19-13(4-5-18-19)14(20-8-6-16-7-9-20)12-3-2-11(15)10-17-12/h2-5,10,14,16H,6-9H2,1H3. The molecule has 1 atom stereocenters. The molecule has 1 fully saturated rings. The number of nitrogens with zero attached hydrogens (tertiary/aromatic N) is 4. The molecule has 1 saturated heterocycles. The van der Waals surface area contributed by atoms with Crippen molar-refractivity contribution in [2.24, 2.45) is 7.05 Å². The Bertz CT molecular complexity index is 559.